The smallest absolute Gasteiger partial charge is 0.261 e. The number of aromatic nitrogens is 1. The summed E-state index contributed by atoms with van der Waals surface area (Å²) in [5, 5.41) is 3.80. The zero-order valence-electron chi connectivity index (χ0n) is 17.0. The number of anilines is 2. The molecule has 1 aromatic heterocycles. The van der Waals surface area contributed by atoms with Gasteiger partial charge in [-0.15, -0.1) is 0 Å². The molecule has 0 aliphatic carbocycles. The second-order valence-electron chi connectivity index (χ2n) is 6.85. The molecule has 0 unspecified atom stereocenters. The first-order chi connectivity index (χ1) is 15.3. The summed E-state index contributed by atoms with van der Waals surface area (Å²) in [6.45, 7) is 1.87. The molecule has 7 nitrogen and oxygen atoms in total. The Kier molecular flexibility index (Phi) is 6.05. The lowest BCUT2D eigenvalue weighted by Crippen LogP contribution is -2.15. The second kappa shape index (κ2) is 8.78. The third kappa shape index (κ3) is 4.55. The number of carbonyl (C=O) groups is 1. The van der Waals surface area contributed by atoms with Crippen LogP contribution in [-0.2, 0) is 10.0 Å². The van der Waals surface area contributed by atoms with Gasteiger partial charge >= 0.3 is 0 Å². The van der Waals surface area contributed by atoms with Gasteiger partial charge in [0.1, 0.15) is 5.75 Å². The number of nitrogens with one attached hydrogen (secondary N) is 2. The Morgan fingerprint density at radius 2 is 1.84 bits per heavy atom. The number of rotatable bonds is 6. The summed E-state index contributed by atoms with van der Waals surface area (Å²) in [4.78, 5) is 17.3. The van der Waals surface area contributed by atoms with Gasteiger partial charge in [0.05, 0.1) is 22.2 Å². The molecule has 0 aliphatic heterocycles. The van der Waals surface area contributed by atoms with Crippen LogP contribution in [0.3, 0.4) is 0 Å². The van der Waals surface area contributed by atoms with Gasteiger partial charge in [-0.3, -0.25) is 14.8 Å². The lowest BCUT2D eigenvalue weighted by Gasteiger charge is -2.10. The highest BCUT2D eigenvalue weighted by atomic mass is 35.5. The number of sulfonamides is 1. The molecule has 0 saturated heterocycles. The van der Waals surface area contributed by atoms with E-state index in [1.165, 1.54) is 36.6 Å². The summed E-state index contributed by atoms with van der Waals surface area (Å²) in [6, 6.07) is 15.9. The van der Waals surface area contributed by atoms with Gasteiger partial charge in [0, 0.05) is 16.3 Å². The fourth-order valence-corrected chi connectivity index (χ4v) is 5.14. The number of hydrogen-bond acceptors (Lipinski definition) is 6. The average Bonchev–Trinajstić information content (AvgIpc) is 3.19. The number of carbonyl (C=O) groups excluding carboxylic acids is 1. The van der Waals surface area contributed by atoms with Crippen LogP contribution in [0.1, 0.15) is 15.9 Å². The molecule has 4 rings (SSSR count). The second-order valence-corrected chi connectivity index (χ2v) is 9.97. The number of aryl methyl sites for hydroxylation is 1. The number of nitrogens with zero attached hydrogens (tertiary/aromatic N) is 1. The van der Waals surface area contributed by atoms with Crippen LogP contribution in [0.25, 0.3) is 10.2 Å². The number of hydrogen-bond donors (Lipinski definition) is 2. The number of benzene rings is 3. The van der Waals surface area contributed by atoms with Gasteiger partial charge in [-0.1, -0.05) is 29.0 Å². The lowest BCUT2D eigenvalue weighted by atomic mass is 10.2. The maximum Gasteiger partial charge on any atom is 0.261 e. The van der Waals surface area contributed by atoms with Crippen molar-refractivity contribution in [1.82, 2.24) is 4.98 Å². The monoisotopic (exact) mass is 487 g/mol. The molecule has 164 valence electrons. The molecule has 0 bridgehead atoms. The molecule has 3 aromatic carbocycles. The topological polar surface area (TPSA) is 97.4 Å². The first-order valence-corrected chi connectivity index (χ1v) is 12.1. The number of amides is 1. The highest BCUT2D eigenvalue weighted by Gasteiger charge is 2.16. The van der Waals surface area contributed by atoms with Crippen LogP contribution in [0.5, 0.6) is 5.75 Å². The Balaban J connectivity index is 1.53. The van der Waals surface area contributed by atoms with Crippen molar-refractivity contribution in [3.8, 4) is 5.75 Å². The third-order valence-corrected chi connectivity index (χ3v) is 7.46. The molecular formula is C22H18ClN3O4S2. The summed E-state index contributed by atoms with van der Waals surface area (Å²) >= 11 is 7.48. The first kappa shape index (κ1) is 22.1. The summed E-state index contributed by atoms with van der Waals surface area (Å²) in [5.41, 5.74) is 2.13. The van der Waals surface area contributed by atoms with E-state index in [0.717, 1.165) is 15.8 Å². The Morgan fingerprint density at radius 1 is 1.09 bits per heavy atom. The van der Waals surface area contributed by atoms with E-state index < -0.39 is 15.9 Å². The maximum absolute atomic E-state index is 12.7. The summed E-state index contributed by atoms with van der Waals surface area (Å²) in [5.74, 6) is 0.147. The van der Waals surface area contributed by atoms with E-state index in [1.54, 1.807) is 36.4 Å². The van der Waals surface area contributed by atoms with Crippen LogP contribution in [0.2, 0.25) is 5.02 Å². The highest BCUT2D eigenvalue weighted by molar-refractivity contribution is 7.92. The molecule has 0 atom stereocenters. The molecule has 10 heteroatoms. The average molecular weight is 488 g/mol. The van der Waals surface area contributed by atoms with Crippen molar-refractivity contribution in [1.29, 1.82) is 0 Å². The molecule has 4 aromatic rings. The van der Waals surface area contributed by atoms with Crippen molar-refractivity contribution < 1.29 is 17.9 Å². The third-order valence-electron chi connectivity index (χ3n) is 4.72. The largest absolute Gasteiger partial charge is 0.497 e. The van der Waals surface area contributed by atoms with Crippen LogP contribution in [0.4, 0.5) is 10.8 Å². The van der Waals surface area contributed by atoms with Crippen LogP contribution in [0.15, 0.2) is 65.6 Å². The summed E-state index contributed by atoms with van der Waals surface area (Å²) < 4.78 is 33.8. The van der Waals surface area contributed by atoms with Crippen molar-refractivity contribution in [3.63, 3.8) is 0 Å². The molecule has 0 radical (unpaired) electrons. The molecule has 0 aliphatic rings. The van der Waals surface area contributed by atoms with Crippen molar-refractivity contribution in [2.45, 2.75) is 11.8 Å². The van der Waals surface area contributed by atoms with E-state index in [9.17, 15) is 13.2 Å². The van der Waals surface area contributed by atoms with Crippen molar-refractivity contribution >= 4 is 59.9 Å². The SMILES string of the molecule is COc1ccc(S(=O)(=O)Nc2cccc(C(=O)Nc3nc4c(C)c(Cl)ccc4s3)c2)cc1. The number of halogens is 1. The molecule has 1 amide bonds. The van der Waals surface area contributed by atoms with E-state index in [4.69, 9.17) is 16.3 Å². The van der Waals surface area contributed by atoms with Crippen LogP contribution < -0.4 is 14.8 Å². The van der Waals surface area contributed by atoms with Gasteiger partial charge in [-0.2, -0.15) is 0 Å². The molecule has 0 fully saturated rings. The van der Waals surface area contributed by atoms with Gasteiger partial charge in [0.25, 0.3) is 15.9 Å². The van der Waals surface area contributed by atoms with Gasteiger partial charge in [-0.25, -0.2) is 13.4 Å². The summed E-state index contributed by atoms with van der Waals surface area (Å²) in [7, 11) is -2.32. The van der Waals surface area contributed by atoms with Crippen LogP contribution in [-0.4, -0.2) is 26.4 Å². The zero-order chi connectivity index (χ0) is 22.9. The van der Waals surface area contributed by atoms with Gasteiger partial charge in [-0.05, 0) is 67.1 Å². The van der Waals surface area contributed by atoms with E-state index in [2.05, 4.69) is 15.0 Å². The Morgan fingerprint density at radius 3 is 2.56 bits per heavy atom. The fraction of sp³-hybridized carbons (Fsp3) is 0.0909. The minimum atomic E-state index is -3.83. The van der Waals surface area contributed by atoms with E-state index in [1.807, 2.05) is 13.0 Å². The lowest BCUT2D eigenvalue weighted by molar-refractivity contribution is 0.102. The Bertz CT molecular complexity index is 1420. The minimum Gasteiger partial charge on any atom is -0.497 e. The van der Waals surface area contributed by atoms with Gasteiger partial charge < -0.3 is 4.74 Å². The van der Waals surface area contributed by atoms with Crippen molar-refractivity contribution in [2.24, 2.45) is 0 Å². The van der Waals surface area contributed by atoms with Crippen molar-refractivity contribution in [3.05, 3.63) is 76.8 Å². The Labute approximate surface area is 194 Å². The van der Waals surface area contributed by atoms with Gasteiger partial charge in [0.2, 0.25) is 0 Å². The molecule has 2 N–H and O–H groups in total. The predicted molar refractivity (Wildman–Crippen MR) is 128 cm³/mol. The van der Waals surface area contributed by atoms with Crippen LogP contribution >= 0.6 is 22.9 Å². The molecule has 1 heterocycles. The highest BCUT2D eigenvalue weighted by Crippen LogP contribution is 2.32. The molecular weight excluding hydrogens is 470 g/mol. The number of fused-ring (bicyclic) bond motifs is 1. The Hall–Kier alpha value is -3.14. The fourth-order valence-electron chi connectivity index (χ4n) is 3.02. The van der Waals surface area contributed by atoms with Crippen molar-refractivity contribution in [2.75, 3.05) is 17.1 Å². The summed E-state index contributed by atoms with van der Waals surface area (Å²) in [6.07, 6.45) is 0. The molecule has 32 heavy (non-hydrogen) atoms. The normalized spacial score (nSPS) is 11.3. The molecule has 0 saturated carbocycles. The van der Waals surface area contributed by atoms with Gasteiger partial charge in [0.15, 0.2) is 5.13 Å². The van der Waals surface area contributed by atoms with Crippen LogP contribution in [0, 0.1) is 6.92 Å². The number of ether oxygens (including phenoxy) is 1. The molecule has 0 spiro atoms. The van der Waals surface area contributed by atoms with E-state index >= 15 is 0 Å². The number of thiazole rings is 1. The van der Waals surface area contributed by atoms with E-state index in [0.29, 0.717) is 15.9 Å². The standard InChI is InChI=1S/C22H18ClN3O4S2/c1-13-18(23)10-11-19-20(13)24-22(31-19)25-21(27)14-4-3-5-15(12-14)26-32(28,29)17-8-6-16(30-2)7-9-17/h3-12,26H,1-2H3,(H,24,25,27). The first-order valence-electron chi connectivity index (χ1n) is 9.41. The number of methoxy groups -OCH3 is 1. The minimum absolute atomic E-state index is 0.0802. The predicted octanol–water partition coefficient (Wildman–Crippen LogP) is 5.32. The zero-order valence-corrected chi connectivity index (χ0v) is 19.4. The maximum atomic E-state index is 12.7. The quantitative estimate of drug-likeness (QED) is 0.383. The van der Waals surface area contributed by atoms with E-state index in [-0.39, 0.29) is 16.1 Å².